The molecule has 0 saturated heterocycles. The van der Waals surface area contributed by atoms with Crippen LogP contribution in [0.5, 0.6) is 11.5 Å². The predicted octanol–water partition coefficient (Wildman–Crippen LogP) is 6.85. The molecule has 0 fully saturated rings. The lowest BCUT2D eigenvalue weighted by atomic mass is 10.0. The predicted molar refractivity (Wildman–Crippen MR) is 94.9 cm³/mol. The largest absolute Gasteiger partial charge is 0.456 e. The van der Waals surface area contributed by atoms with Gasteiger partial charge in [-0.2, -0.15) is 13.2 Å². The van der Waals surface area contributed by atoms with Crippen molar-refractivity contribution in [3.05, 3.63) is 94.0 Å². The fourth-order valence-corrected chi connectivity index (χ4v) is 2.90. The molecular formula is C20H14BrF3O. The molecule has 0 aliphatic heterocycles. The second kappa shape index (κ2) is 7.31. The molecule has 3 aromatic carbocycles. The van der Waals surface area contributed by atoms with Crippen LogP contribution >= 0.6 is 15.9 Å². The third-order valence-corrected chi connectivity index (χ3v) is 4.31. The van der Waals surface area contributed by atoms with Crippen LogP contribution in [0.4, 0.5) is 13.2 Å². The summed E-state index contributed by atoms with van der Waals surface area (Å²) in [6, 6.07) is 20.8. The summed E-state index contributed by atoms with van der Waals surface area (Å²) in [5, 5.41) is 0. The summed E-state index contributed by atoms with van der Waals surface area (Å²) in [7, 11) is 0. The van der Waals surface area contributed by atoms with Gasteiger partial charge in [0.05, 0.1) is 10.0 Å². The minimum atomic E-state index is -4.38. The summed E-state index contributed by atoms with van der Waals surface area (Å²) in [5.41, 5.74) is 1.37. The average Bonchev–Trinajstić information content (AvgIpc) is 2.58. The molecule has 0 aliphatic rings. The fraction of sp³-hybridized carbons (Fsp3) is 0.100. The van der Waals surface area contributed by atoms with E-state index in [-0.39, 0.29) is 4.47 Å². The number of halogens is 4. The van der Waals surface area contributed by atoms with Gasteiger partial charge in [-0.25, -0.2) is 0 Å². The van der Waals surface area contributed by atoms with Gasteiger partial charge in [0.25, 0.3) is 0 Å². The summed E-state index contributed by atoms with van der Waals surface area (Å²) in [4.78, 5) is 0. The molecule has 0 spiro atoms. The van der Waals surface area contributed by atoms with E-state index in [1.165, 1.54) is 6.07 Å². The van der Waals surface area contributed by atoms with Gasteiger partial charge in [-0.05, 0) is 51.3 Å². The molecule has 0 aliphatic carbocycles. The second-order valence-electron chi connectivity index (χ2n) is 5.52. The van der Waals surface area contributed by atoms with Crippen LogP contribution in [0.15, 0.2) is 77.3 Å². The molecule has 1 nitrogen and oxygen atoms in total. The first kappa shape index (κ1) is 17.5. The maximum absolute atomic E-state index is 12.8. The molecule has 0 aromatic heterocycles. The van der Waals surface area contributed by atoms with Gasteiger partial charge in [0.2, 0.25) is 0 Å². The second-order valence-corrected chi connectivity index (χ2v) is 6.37. The lowest BCUT2D eigenvalue weighted by Crippen LogP contribution is -2.04. The topological polar surface area (TPSA) is 9.23 Å². The zero-order valence-corrected chi connectivity index (χ0v) is 14.6. The molecule has 0 bridgehead atoms. The van der Waals surface area contributed by atoms with E-state index >= 15 is 0 Å². The molecule has 128 valence electrons. The quantitative estimate of drug-likeness (QED) is 0.460. The minimum Gasteiger partial charge on any atom is -0.456 e. The smallest absolute Gasteiger partial charge is 0.416 e. The Balaban J connectivity index is 1.86. The Bertz CT molecular complexity index is 860. The molecule has 0 unspecified atom stereocenters. The molecule has 0 radical (unpaired) electrons. The first-order valence-electron chi connectivity index (χ1n) is 7.60. The van der Waals surface area contributed by atoms with E-state index in [2.05, 4.69) is 15.9 Å². The molecule has 5 heteroatoms. The molecule has 0 heterocycles. The Morgan fingerprint density at radius 3 is 2.16 bits per heavy atom. The SMILES string of the molecule is FC(F)(F)c1ccc(Oc2ccccc2Cc2ccccc2)c(Br)c1. The van der Waals surface area contributed by atoms with E-state index in [0.717, 1.165) is 23.3 Å². The van der Waals surface area contributed by atoms with Crippen molar-refractivity contribution in [2.24, 2.45) is 0 Å². The number of hydrogen-bond acceptors (Lipinski definition) is 1. The van der Waals surface area contributed by atoms with Crippen molar-refractivity contribution in [2.45, 2.75) is 12.6 Å². The van der Waals surface area contributed by atoms with E-state index in [1.54, 1.807) is 0 Å². The van der Waals surface area contributed by atoms with E-state index in [9.17, 15) is 13.2 Å². The van der Waals surface area contributed by atoms with Gasteiger partial charge in [-0.3, -0.25) is 0 Å². The van der Waals surface area contributed by atoms with Gasteiger partial charge in [-0.1, -0.05) is 48.5 Å². The average molecular weight is 407 g/mol. The fourth-order valence-electron chi connectivity index (χ4n) is 2.44. The summed E-state index contributed by atoms with van der Waals surface area (Å²) in [6.45, 7) is 0. The van der Waals surface area contributed by atoms with Crippen LogP contribution in [0, 0.1) is 0 Å². The highest BCUT2D eigenvalue weighted by atomic mass is 79.9. The Labute approximate surface area is 152 Å². The highest BCUT2D eigenvalue weighted by Crippen LogP contribution is 2.37. The Morgan fingerprint density at radius 2 is 1.48 bits per heavy atom. The standard InChI is InChI=1S/C20H14BrF3O/c21-17-13-16(20(22,23)24)10-11-19(17)25-18-9-5-4-8-15(18)12-14-6-2-1-3-7-14/h1-11,13H,12H2. The van der Waals surface area contributed by atoms with Gasteiger partial charge < -0.3 is 4.74 Å². The van der Waals surface area contributed by atoms with Crippen molar-refractivity contribution in [1.29, 1.82) is 0 Å². The normalized spacial score (nSPS) is 11.4. The summed E-state index contributed by atoms with van der Waals surface area (Å²) in [5.74, 6) is 0.959. The zero-order chi connectivity index (χ0) is 17.9. The number of rotatable bonds is 4. The van der Waals surface area contributed by atoms with Gasteiger partial charge in [-0.15, -0.1) is 0 Å². The maximum Gasteiger partial charge on any atom is 0.416 e. The van der Waals surface area contributed by atoms with Crippen molar-refractivity contribution >= 4 is 15.9 Å². The molecule has 3 rings (SSSR count). The van der Waals surface area contributed by atoms with Crippen LogP contribution in [0.3, 0.4) is 0 Å². The summed E-state index contributed by atoms with van der Waals surface area (Å²) < 4.78 is 44.4. The lowest BCUT2D eigenvalue weighted by molar-refractivity contribution is -0.137. The third-order valence-electron chi connectivity index (χ3n) is 3.69. The molecular weight excluding hydrogens is 393 g/mol. The lowest BCUT2D eigenvalue weighted by Gasteiger charge is -2.14. The molecule has 3 aromatic rings. The minimum absolute atomic E-state index is 0.261. The highest BCUT2D eigenvalue weighted by molar-refractivity contribution is 9.10. The van der Waals surface area contributed by atoms with Gasteiger partial charge in [0.1, 0.15) is 11.5 Å². The van der Waals surface area contributed by atoms with Crippen LogP contribution in [0.25, 0.3) is 0 Å². The molecule has 0 amide bonds. The van der Waals surface area contributed by atoms with E-state index in [0.29, 0.717) is 17.9 Å². The number of para-hydroxylation sites is 1. The van der Waals surface area contributed by atoms with Gasteiger partial charge in [0.15, 0.2) is 0 Å². The van der Waals surface area contributed by atoms with Crippen LogP contribution in [-0.4, -0.2) is 0 Å². The first-order chi connectivity index (χ1) is 11.9. The zero-order valence-electron chi connectivity index (χ0n) is 13.1. The molecule has 0 saturated carbocycles. The van der Waals surface area contributed by atoms with Crippen molar-refractivity contribution in [3.8, 4) is 11.5 Å². The number of ether oxygens (including phenoxy) is 1. The molecule has 0 N–H and O–H groups in total. The number of hydrogen-bond donors (Lipinski definition) is 0. The van der Waals surface area contributed by atoms with E-state index in [4.69, 9.17) is 4.74 Å². The number of benzene rings is 3. The van der Waals surface area contributed by atoms with Crippen molar-refractivity contribution < 1.29 is 17.9 Å². The van der Waals surface area contributed by atoms with E-state index < -0.39 is 11.7 Å². The third kappa shape index (κ3) is 4.42. The maximum atomic E-state index is 12.8. The highest BCUT2D eigenvalue weighted by Gasteiger charge is 2.31. The Hall–Kier alpha value is -2.27. The van der Waals surface area contributed by atoms with Crippen LogP contribution in [0.1, 0.15) is 16.7 Å². The molecule has 25 heavy (non-hydrogen) atoms. The van der Waals surface area contributed by atoms with Crippen LogP contribution < -0.4 is 4.74 Å². The van der Waals surface area contributed by atoms with E-state index in [1.807, 2.05) is 54.6 Å². The number of alkyl halides is 3. The van der Waals surface area contributed by atoms with Crippen LogP contribution in [0.2, 0.25) is 0 Å². The van der Waals surface area contributed by atoms with Crippen molar-refractivity contribution in [1.82, 2.24) is 0 Å². The summed E-state index contributed by atoms with van der Waals surface area (Å²) in [6.07, 6.45) is -3.71. The molecule has 0 atom stereocenters. The van der Waals surface area contributed by atoms with Crippen molar-refractivity contribution in [2.75, 3.05) is 0 Å². The first-order valence-corrected chi connectivity index (χ1v) is 8.39. The van der Waals surface area contributed by atoms with Gasteiger partial charge >= 0.3 is 6.18 Å². The van der Waals surface area contributed by atoms with Crippen molar-refractivity contribution in [3.63, 3.8) is 0 Å². The Morgan fingerprint density at radius 1 is 0.800 bits per heavy atom. The van der Waals surface area contributed by atoms with Gasteiger partial charge in [0, 0.05) is 6.42 Å². The Kier molecular flexibility index (Phi) is 5.13. The summed E-state index contributed by atoms with van der Waals surface area (Å²) >= 11 is 3.16. The monoisotopic (exact) mass is 406 g/mol. The van der Waals surface area contributed by atoms with Crippen LogP contribution in [-0.2, 0) is 12.6 Å².